The van der Waals surface area contributed by atoms with Gasteiger partial charge in [-0.1, -0.05) is 18.2 Å². The van der Waals surface area contributed by atoms with Crippen molar-refractivity contribution in [3.8, 4) is 0 Å². The zero-order valence-corrected chi connectivity index (χ0v) is 8.95. The third-order valence-corrected chi connectivity index (χ3v) is 2.15. The van der Waals surface area contributed by atoms with Crippen LogP contribution >= 0.6 is 0 Å². The van der Waals surface area contributed by atoms with E-state index < -0.39 is 5.97 Å². The maximum atomic E-state index is 10.8. The second kappa shape index (κ2) is 5.32. The summed E-state index contributed by atoms with van der Waals surface area (Å²) in [5.74, 6) is -0.890. The minimum Gasteiger partial charge on any atom is -0.478 e. The molecule has 0 fully saturated rings. The lowest BCUT2D eigenvalue weighted by molar-refractivity contribution is 0.0697. The van der Waals surface area contributed by atoms with Crippen LogP contribution in [0.25, 0.3) is 6.08 Å². The predicted octanol–water partition coefficient (Wildman–Crippen LogP) is 1.93. The quantitative estimate of drug-likeness (QED) is 0.789. The molecular formula is C12H15NO2. The first kappa shape index (κ1) is 11.5. The van der Waals surface area contributed by atoms with Gasteiger partial charge >= 0.3 is 5.97 Å². The number of carboxylic acid groups (broad SMARTS) is 1. The van der Waals surface area contributed by atoms with Crippen molar-refractivity contribution in [2.24, 2.45) is 0 Å². The number of aryl methyl sites for hydroxylation is 1. The summed E-state index contributed by atoms with van der Waals surface area (Å²) in [6.07, 6.45) is 3.90. The fourth-order valence-corrected chi connectivity index (χ4v) is 1.26. The molecule has 0 heterocycles. The first-order valence-corrected chi connectivity index (χ1v) is 4.80. The highest BCUT2D eigenvalue weighted by Gasteiger charge is 2.03. The molecular weight excluding hydrogens is 190 g/mol. The van der Waals surface area contributed by atoms with Crippen LogP contribution in [-0.4, -0.2) is 24.7 Å². The number of hydrogen-bond donors (Lipinski definition) is 2. The summed E-state index contributed by atoms with van der Waals surface area (Å²) >= 11 is 0. The van der Waals surface area contributed by atoms with Crippen molar-refractivity contribution in [2.75, 3.05) is 13.6 Å². The monoisotopic (exact) mass is 205 g/mol. The van der Waals surface area contributed by atoms with E-state index in [4.69, 9.17) is 5.11 Å². The van der Waals surface area contributed by atoms with E-state index in [2.05, 4.69) is 5.32 Å². The molecule has 1 aromatic rings. The van der Waals surface area contributed by atoms with Crippen LogP contribution in [0.5, 0.6) is 0 Å². The molecule has 2 N–H and O–H groups in total. The molecule has 3 heteroatoms. The summed E-state index contributed by atoms with van der Waals surface area (Å²) < 4.78 is 0. The van der Waals surface area contributed by atoms with E-state index in [1.165, 1.54) is 0 Å². The molecule has 0 aliphatic heterocycles. The van der Waals surface area contributed by atoms with E-state index >= 15 is 0 Å². The Bertz CT molecular complexity index is 383. The second-order valence-corrected chi connectivity index (χ2v) is 3.34. The molecule has 0 bridgehead atoms. The largest absolute Gasteiger partial charge is 0.478 e. The second-order valence-electron chi connectivity index (χ2n) is 3.34. The summed E-state index contributed by atoms with van der Waals surface area (Å²) in [6, 6.07) is 5.12. The van der Waals surface area contributed by atoms with Crippen molar-refractivity contribution < 1.29 is 9.90 Å². The van der Waals surface area contributed by atoms with E-state index in [0.29, 0.717) is 5.56 Å². The third-order valence-electron chi connectivity index (χ3n) is 2.15. The van der Waals surface area contributed by atoms with Crippen molar-refractivity contribution in [1.82, 2.24) is 5.32 Å². The molecule has 0 atom stereocenters. The topological polar surface area (TPSA) is 49.3 Å². The summed E-state index contributed by atoms with van der Waals surface area (Å²) in [4.78, 5) is 10.8. The van der Waals surface area contributed by atoms with Gasteiger partial charge in [-0.15, -0.1) is 0 Å². The summed E-state index contributed by atoms with van der Waals surface area (Å²) in [6.45, 7) is 2.74. The number of nitrogens with one attached hydrogen (secondary N) is 1. The Morgan fingerprint density at radius 1 is 1.53 bits per heavy atom. The van der Waals surface area contributed by atoms with Crippen molar-refractivity contribution in [3.63, 3.8) is 0 Å². The molecule has 0 radical (unpaired) electrons. The van der Waals surface area contributed by atoms with E-state index in [-0.39, 0.29) is 0 Å². The molecule has 3 nitrogen and oxygen atoms in total. The molecule has 0 aromatic heterocycles. The predicted molar refractivity (Wildman–Crippen MR) is 61.1 cm³/mol. The highest BCUT2D eigenvalue weighted by Crippen LogP contribution is 2.12. The molecule has 15 heavy (non-hydrogen) atoms. The minimum absolute atomic E-state index is 0.324. The van der Waals surface area contributed by atoms with Gasteiger partial charge in [0.05, 0.1) is 5.56 Å². The number of carboxylic acids is 1. The van der Waals surface area contributed by atoms with Gasteiger partial charge in [0.2, 0.25) is 0 Å². The van der Waals surface area contributed by atoms with Crippen molar-refractivity contribution in [2.45, 2.75) is 6.92 Å². The van der Waals surface area contributed by atoms with Gasteiger partial charge in [-0.05, 0) is 37.2 Å². The standard InChI is InChI=1S/C12H15NO2/c1-9-5-6-11(12(14)15)8-10(9)4-3-7-13-2/h3-6,8,13H,7H2,1-2H3,(H,14,15). The van der Waals surface area contributed by atoms with Crippen LogP contribution in [0, 0.1) is 6.92 Å². The van der Waals surface area contributed by atoms with E-state index in [0.717, 1.165) is 17.7 Å². The summed E-state index contributed by atoms with van der Waals surface area (Å²) in [7, 11) is 1.87. The minimum atomic E-state index is -0.890. The van der Waals surface area contributed by atoms with Crippen molar-refractivity contribution in [1.29, 1.82) is 0 Å². The van der Waals surface area contributed by atoms with Crippen LogP contribution in [0.15, 0.2) is 24.3 Å². The van der Waals surface area contributed by atoms with Gasteiger partial charge in [-0.2, -0.15) is 0 Å². The molecule has 0 saturated heterocycles. The summed E-state index contributed by atoms with van der Waals surface area (Å²) in [5, 5.41) is 11.8. The molecule has 0 spiro atoms. The maximum absolute atomic E-state index is 10.8. The zero-order valence-electron chi connectivity index (χ0n) is 8.95. The van der Waals surface area contributed by atoms with Gasteiger partial charge in [0.15, 0.2) is 0 Å². The lowest BCUT2D eigenvalue weighted by Gasteiger charge is -2.02. The Labute approximate surface area is 89.4 Å². The Balaban J connectivity index is 2.95. The average Bonchev–Trinajstić information content (AvgIpc) is 2.20. The number of carbonyl (C=O) groups is 1. The SMILES string of the molecule is CNCC=Cc1cc(C(=O)O)ccc1C. The Morgan fingerprint density at radius 2 is 2.27 bits per heavy atom. The normalized spacial score (nSPS) is 10.8. The fourth-order valence-electron chi connectivity index (χ4n) is 1.26. The molecule has 1 aromatic carbocycles. The Morgan fingerprint density at radius 3 is 2.87 bits per heavy atom. The van der Waals surface area contributed by atoms with E-state index in [9.17, 15) is 4.79 Å². The lowest BCUT2D eigenvalue weighted by atomic mass is 10.0. The van der Waals surface area contributed by atoms with Crippen LogP contribution in [0.3, 0.4) is 0 Å². The van der Waals surface area contributed by atoms with Crippen LogP contribution in [0.1, 0.15) is 21.5 Å². The molecule has 80 valence electrons. The number of benzene rings is 1. The van der Waals surface area contributed by atoms with Gasteiger partial charge in [0.25, 0.3) is 0 Å². The number of hydrogen-bond acceptors (Lipinski definition) is 2. The van der Waals surface area contributed by atoms with Crippen molar-refractivity contribution >= 4 is 12.0 Å². The smallest absolute Gasteiger partial charge is 0.335 e. The van der Waals surface area contributed by atoms with Crippen LogP contribution < -0.4 is 5.32 Å². The molecule has 0 saturated carbocycles. The Kier molecular flexibility index (Phi) is 4.06. The first-order chi connectivity index (χ1) is 7.15. The highest BCUT2D eigenvalue weighted by molar-refractivity contribution is 5.88. The van der Waals surface area contributed by atoms with E-state index in [1.807, 2.05) is 32.2 Å². The molecule has 0 unspecified atom stereocenters. The van der Waals surface area contributed by atoms with Gasteiger partial charge in [-0.3, -0.25) is 0 Å². The lowest BCUT2D eigenvalue weighted by Crippen LogP contribution is -2.03. The highest BCUT2D eigenvalue weighted by atomic mass is 16.4. The number of aromatic carboxylic acids is 1. The van der Waals surface area contributed by atoms with Crippen LogP contribution in [0.4, 0.5) is 0 Å². The van der Waals surface area contributed by atoms with Crippen molar-refractivity contribution in [3.05, 3.63) is 41.0 Å². The number of likely N-dealkylation sites (N-methyl/N-ethyl adjacent to an activating group) is 1. The Hall–Kier alpha value is -1.61. The van der Waals surface area contributed by atoms with Gasteiger partial charge in [0.1, 0.15) is 0 Å². The molecule has 0 amide bonds. The average molecular weight is 205 g/mol. The van der Waals surface area contributed by atoms with Crippen LogP contribution in [-0.2, 0) is 0 Å². The molecule has 0 aliphatic rings. The fraction of sp³-hybridized carbons (Fsp3) is 0.250. The molecule has 0 aliphatic carbocycles. The number of rotatable bonds is 4. The molecule has 1 rings (SSSR count). The van der Waals surface area contributed by atoms with Crippen LogP contribution in [0.2, 0.25) is 0 Å². The zero-order chi connectivity index (χ0) is 11.3. The maximum Gasteiger partial charge on any atom is 0.335 e. The van der Waals surface area contributed by atoms with Gasteiger partial charge < -0.3 is 10.4 Å². The third kappa shape index (κ3) is 3.22. The first-order valence-electron chi connectivity index (χ1n) is 4.80. The van der Waals surface area contributed by atoms with Gasteiger partial charge in [-0.25, -0.2) is 4.79 Å². The summed E-state index contributed by atoms with van der Waals surface area (Å²) in [5.41, 5.74) is 2.35. The van der Waals surface area contributed by atoms with Gasteiger partial charge in [0, 0.05) is 6.54 Å². The van der Waals surface area contributed by atoms with E-state index in [1.54, 1.807) is 12.1 Å².